The number of amides is 1. The van der Waals surface area contributed by atoms with Gasteiger partial charge in [-0.05, 0) is 25.2 Å². The standard InChI is InChI=1S/C13H17N3O3/c1-14-5-6-16-8-12(17)15(2)11-7-9(13(18)19)3-4-10(11)16/h3-4,7,14H,5-6,8H2,1-2H3,(H,18,19). The molecule has 1 aliphatic heterocycles. The Labute approximate surface area is 111 Å². The van der Waals surface area contributed by atoms with Gasteiger partial charge >= 0.3 is 5.97 Å². The number of carbonyl (C=O) groups excluding carboxylic acids is 1. The lowest BCUT2D eigenvalue weighted by molar-refractivity contribution is -0.117. The van der Waals surface area contributed by atoms with E-state index in [2.05, 4.69) is 5.32 Å². The van der Waals surface area contributed by atoms with Crippen molar-refractivity contribution in [3.8, 4) is 0 Å². The van der Waals surface area contributed by atoms with Crippen LogP contribution in [0.4, 0.5) is 11.4 Å². The number of nitrogens with zero attached hydrogens (tertiary/aromatic N) is 2. The normalized spacial score (nSPS) is 14.5. The molecule has 19 heavy (non-hydrogen) atoms. The zero-order valence-electron chi connectivity index (χ0n) is 11.0. The van der Waals surface area contributed by atoms with E-state index in [1.54, 1.807) is 25.2 Å². The van der Waals surface area contributed by atoms with Crippen LogP contribution in [0.1, 0.15) is 10.4 Å². The first-order chi connectivity index (χ1) is 9.04. The number of rotatable bonds is 4. The number of nitrogens with one attached hydrogen (secondary N) is 1. The van der Waals surface area contributed by atoms with Crippen molar-refractivity contribution in [2.45, 2.75) is 0 Å². The van der Waals surface area contributed by atoms with Gasteiger partial charge in [0, 0.05) is 20.1 Å². The van der Waals surface area contributed by atoms with Crippen molar-refractivity contribution >= 4 is 23.3 Å². The molecule has 0 bridgehead atoms. The number of carboxylic acid groups (broad SMARTS) is 1. The molecule has 0 saturated carbocycles. The molecule has 102 valence electrons. The van der Waals surface area contributed by atoms with Gasteiger partial charge in [0.1, 0.15) is 0 Å². The number of hydrogen-bond donors (Lipinski definition) is 2. The number of hydrogen-bond acceptors (Lipinski definition) is 4. The van der Waals surface area contributed by atoms with E-state index >= 15 is 0 Å². The Bertz CT molecular complexity index is 516. The minimum Gasteiger partial charge on any atom is -0.478 e. The van der Waals surface area contributed by atoms with Crippen molar-refractivity contribution in [3.05, 3.63) is 23.8 Å². The Kier molecular flexibility index (Phi) is 3.71. The topological polar surface area (TPSA) is 72.9 Å². The van der Waals surface area contributed by atoms with Crippen LogP contribution in [0.15, 0.2) is 18.2 Å². The lowest BCUT2D eigenvalue weighted by Crippen LogP contribution is -2.45. The molecule has 0 fully saturated rings. The van der Waals surface area contributed by atoms with Crippen molar-refractivity contribution < 1.29 is 14.7 Å². The number of benzene rings is 1. The molecule has 2 N–H and O–H groups in total. The van der Waals surface area contributed by atoms with Gasteiger partial charge in [0.2, 0.25) is 5.91 Å². The number of likely N-dealkylation sites (N-methyl/N-ethyl adjacent to an activating group) is 2. The molecular formula is C13H17N3O3. The Balaban J connectivity index is 2.40. The van der Waals surface area contributed by atoms with E-state index in [1.807, 2.05) is 11.9 Å². The smallest absolute Gasteiger partial charge is 0.335 e. The van der Waals surface area contributed by atoms with Crippen molar-refractivity contribution in [3.63, 3.8) is 0 Å². The molecule has 2 rings (SSSR count). The molecule has 0 aromatic heterocycles. The molecule has 6 heteroatoms. The molecule has 0 spiro atoms. The first-order valence-electron chi connectivity index (χ1n) is 6.08. The van der Waals surface area contributed by atoms with Gasteiger partial charge in [-0.2, -0.15) is 0 Å². The Hall–Kier alpha value is -2.08. The molecule has 1 aromatic carbocycles. The maximum Gasteiger partial charge on any atom is 0.335 e. The summed E-state index contributed by atoms with van der Waals surface area (Å²) in [5.41, 5.74) is 1.73. The minimum absolute atomic E-state index is 0.0360. The second kappa shape index (κ2) is 5.27. The lowest BCUT2D eigenvalue weighted by atomic mass is 10.1. The van der Waals surface area contributed by atoms with Gasteiger partial charge in [0.05, 0.1) is 23.5 Å². The van der Waals surface area contributed by atoms with Gasteiger partial charge in [-0.15, -0.1) is 0 Å². The van der Waals surface area contributed by atoms with Crippen molar-refractivity contribution in [1.29, 1.82) is 0 Å². The highest BCUT2D eigenvalue weighted by molar-refractivity contribution is 6.04. The zero-order chi connectivity index (χ0) is 14.0. The third-order valence-corrected chi connectivity index (χ3v) is 3.26. The summed E-state index contributed by atoms with van der Waals surface area (Å²) in [4.78, 5) is 26.4. The van der Waals surface area contributed by atoms with E-state index in [1.165, 1.54) is 4.90 Å². The fourth-order valence-electron chi connectivity index (χ4n) is 2.13. The van der Waals surface area contributed by atoms with Crippen LogP contribution in [0.2, 0.25) is 0 Å². The maximum atomic E-state index is 11.9. The minimum atomic E-state index is -0.990. The first-order valence-corrected chi connectivity index (χ1v) is 6.08. The predicted molar refractivity (Wildman–Crippen MR) is 73.0 cm³/mol. The highest BCUT2D eigenvalue weighted by Crippen LogP contribution is 2.33. The van der Waals surface area contributed by atoms with E-state index in [0.29, 0.717) is 18.8 Å². The number of carboxylic acids is 1. The lowest BCUT2D eigenvalue weighted by Gasteiger charge is -2.35. The maximum absolute atomic E-state index is 11.9. The summed E-state index contributed by atoms with van der Waals surface area (Å²) in [5.74, 6) is -1.03. The number of carbonyl (C=O) groups is 2. The van der Waals surface area contributed by atoms with Crippen molar-refractivity contribution in [2.24, 2.45) is 0 Å². The third-order valence-electron chi connectivity index (χ3n) is 3.26. The van der Waals surface area contributed by atoms with Gasteiger partial charge in [-0.3, -0.25) is 4.79 Å². The summed E-state index contributed by atoms with van der Waals surface area (Å²) in [6.07, 6.45) is 0. The van der Waals surface area contributed by atoms with E-state index in [0.717, 1.165) is 12.2 Å². The van der Waals surface area contributed by atoms with Crippen molar-refractivity contribution in [2.75, 3.05) is 43.5 Å². The average Bonchev–Trinajstić information content (AvgIpc) is 2.40. The largest absolute Gasteiger partial charge is 0.478 e. The van der Waals surface area contributed by atoms with E-state index in [9.17, 15) is 9.59 Å². The highest BCUT2D eigenvalue weighted by atomic mass is 16.4. The zero-order valence-corrected chi connectivity index (χ0v) is 11.0. The number of fused-ring (bicyclic) bond motifs is 1. The Morgan fingerprint density at radius 3 is 2.79 bits per heavy atom. The molecule has 1 aliphatic rings. The molecule has 1 aromatic rings. The molecule has 0 saturated heterocycles. The summed E-state index contributed by atoms with van der Waals surface area (Å²) < 4.78 is 0. The van der Waals surface area contributed by atoms with Gasteiger partial charge in [0.25, 0.3) is 0 Å². The quantitative estimate of drug-likeness (QED) is 0.822. The fraction of sp³-hybridized carbons (Fsp3) is 0.385. The predicted octanol–water partition coefficient (Wildman–Crippen LogP) is 0.387. The summed E-state index contributed by atoms with van der Waals surface area (Å²) in [6.45, 7) is 1.78. The van der Waals surface area contributed by atoms with Crippen LogP contribution in [0.25, 0.3) is 0 Å². The fourth-order valence-corrected chi connectivity index (χ4v) is 2.13. The second-order valence-corrected chi connectivity index (χ2v) is 4.49. The van der Waals surface area contributed by atoms with E-state index in [-0.39, 0.29) is 11.5 Å². The molecule has 0 radical (unpaired) electrons. The molecule has 0 unspecified atom stereocenters. The Morgan fingerprint density at radius 1 is 1.42 bits per heavy atom. The Morgan fingerprint density at radius 2 is 2.16 bits per heavy atom. The molecule has 1 amide bonds. The van der Waals surface area contributed by atoms with Crippen molar-refractivity contribution in [1.82, 2.24) is 5.32 Å². The van der Waals surface area contributed by atoms with E-state index < -0.39 is 5.97 Å². The number of anilines is 2. The van der Waals surface area contributed by atoms with Gasteiger partial charge in [-0.1, -0.05) is 0 Å². The molecule has 6 nitrogen and oxygen atoms in total. The third kappa shape index (κ3) is 2.53. The van der Waals surface area contributed by atoms with Crippen LogP contribution in [0.5, 0.6) is 0 Å². The summed E-state index contributed by atoms with van der Waals surface area (Å²) in [5, 5.41) is 12.1. The van der Waals surface area contributed by atoms with Crippen LogP contribution in [0, 0.1) is 0 Å². The van der Waals surface area contributed by atoms with Gasteiger partial charge < -0.3 is 20.2 Å². The first kappa shape index (κ1) is 13.4. The summed E-state index contributed by atoms with van der Waals surface area (Å²) in [6, 6.07) is 4.87. The van der Waals surface area contributed by atoms with Crippen LogP contribution in [-0.2, 0) is 4.79 Å². The molecular weight excluding hydrogens is 246 g/mol. The summed E-state index contributed by atoms with van der Waals surface area (Å²) >= 11 is 0. The van der Waals surface area contributed by atoms with Gasteiger partial charge in [-0.25, -0.2) is 4.79 Å². The molecule has 0 aliphatic carbocycles. The van der Waals surface area contributed by atoms with Crippen LogP contribution in [-0.4, -0.2) is 50.7 Å². The van der Waals surface area contributed by atoms with Crippen LogP contribution < -0.4 is 15.1 Å². The summed E-state index contributed by atoms with van der Waals surface area (Å²) in [7, 11) is 3.52. The molecule has 1 heterocycles. The highest BCUT2D eigenvalue weighted by Gasteiger charge is 2.27. The van der Waals surface area contributed by atoms with E-state index in [4.69, 9.17) is 5.11 Å². The number of aromatic carboxylic acids is 1. The molecule has 0 atom stereocenters. The monoisotopic (exact) mass is 263 g/mol. The van der Waals surface area contributed by atoms with Gasteiger partial charge in [0.15, 0.2) is 0 Å². The van der Waals surface area contributed by atoms with Crippen LogP contribution in [0.3, 0.4) is 0 Å². The second-order valence-electron chi connectivity index (χ2n) is 4.49. The SMILES string of the molecule is CNCCN1CC(=O)N(C)c2cc(C(=O)O)ccc21. The van der Waals surface area contributed by atoms with Crippen LogP contribution >= 0.6 is 0 Å². The average molecular weight is 263 g/mol.